The number of imidazole rings is 1. The third kappa shape index (κ3) is 4.09. The van der Waals surface area contributed by atoms with Crippen LogP contribution in [0.25, 0.3) is 11.0 Å². The van der Waals surface area contributed by atoms with Gasteiger partial charge in [-0.05, 0) is 64.0 Å². The molecule has 28 heavy (non-hydrogen) atoms. The minimum absolute atomic E-state index is 0.303. The number of fused-ring (bicyclic) bond motifs is 1. The molecule has 142 valence electrons. The second kappa shape index (κ2) is 7.99. The maximum absolute atomic E-state index is 13.6. The third-order valence-electron chi connectivity index (χ3n) is 4.17. The highest BCUT2D eigenvalue weighted by molar-refractivity contribution is 9.10. The SMILES string of the molecule is Fc1cc(NCc2ccc3nc(Nc4c(Cl)cccc4Cl)[nH]c3c2)ccc1Br. The molecule has 0 aliphatic carbocycles. The highest BCUT2D eigenvalue weighted by Gasteiger charge is 2.09. The molecule has 4 rings (SSSR count). The number of halogens is 4. The summed E-state index contributed by atoms with van der Waals surface area (Å²) in [6.45, 7) is 0.551. The zero-order valence-corrected chi connectivity index (χ0v) is 17.5. The van der Waals surface area contributed by atoms with Crippen LogP contribution in [0.4, 0.5) is 21.7 Å². The number of para-hydroxylation sites is 1. The molecule has 8 heteroatoms. The summed E-state index contributed by atoms with van der Waals surface area (Å²) in [4.78, 5) is 7.73. The van der Waals surface area contributed by atoms with E-state index in [1.165, 1.54) is 6.07 Å². The molecular weight excluding hydrogens is 466 g/mol. The lowest BCUT2D eigenvalue weighted by Gasteiger charge is -2.07. The highest BCUT2D eigenvalue weighted by atomic mass is 79.9. The summed E-state index contributed by atoms with van der Waals surface area (Å²) in [5.41, 5.74) is 4.02. The minimum Gasteiger partial charge on any atom is -0.381 e. The maximum Gasteiger partial charge on any atom is 0.205 e. The summed E-state index contributed by atoms with van der Waals surface area (Å²) in [5.74, 6) is 0.244. The van der Waals surface area contributed by atoms with Gasteiger partial charge in [0.1, 0.15) is 5.82 Å². The fourth-order valence-corrected chi connectivity index (χ4v) is 3.51. The maximum atomic E-state index is 13.6. The van der Waals surface area contributed by atoms with Crippen LogP contribution in [0, 0.1) is 5.82 Å². The van der Waals surface area contributed by atoms with Gasteiger partial charge in [0.2, 0.25) is 5.95 Å². The fourth-order valence-electron chi connectivity index (χ4n) is 2.77. The van der Waals surface area contributed by atoms with E-state index in [1.54, 1.807) is 24.3 Å². The summed E-state index contributed by atoms with van der Waals surface area (Å²) in [6, 6.07) is 16.1. The molecule has 0 bridgehead atoms. The van der Waals surface area contributed by atoms with Crippen LogP contribution in [0.3, 0.4) is 0 Å². The molecule has 0 saturated heterocycles. The Kier molecular flexibility index (Phi) is 5.44. The average molecular weight is 480 g/mol. The Hall–Kier alpha value is -2.28. The van der Waals surface area contributed by atoms with E-state index in [2.05, 4.69) is 36.5 Å². The number of anilines is 3. The van der Waals surface area contributed by atoms with Crippen molar-refractivity contribution in [1.29, 1.82) is 0 Å². The Bertz CT molecular complexity index is 1140. The molecule has 1 heterocycles. The lowest BCUT2D eigenvalue weighted by molar-refractivity contribution is 0.621. The van der Waals surface area contributed by atoms with Gasteiger partial charge in [0.25, 0.3) is 0 Å². The van der Waals surface area contributed by atoms with E-state index in [0.29, 0.717) is 38.4 Å². The minimum atomic E-state index is -0.303. The normalized spacial score (nSPS) is 11.0. The number of hydrogen-bond acceptors (Lipinski definition) is 3. The van der Waals surface area contributed by atoms with E-state index in [-0.39, 0.29) is 5.82 Å². The van der Waals surface area contributed by atoms with Gasteiger partial charge in [-0.25, -0.2) is 9.37 Å². The van der Waals surface area contributed by atoms with E-state index in [1.807, 2.05) is 24.3 Å². The van der Waals surface area contributed by atoms with Gasteiger partial charge >= 0.3 is 0 Å². The van der Waals surface area contributed by atoms with Crippen molar-refractivity contribution in [2.24, 2.45) is 0 Å². The van der Waals surface area contributed by atoms with Gasteiger partial charge in [0.05, 0.1) is 31.2 Å². The van der Waals surface area contributed by atoms with Crippen molar-refractivity contribution in [1.82, 2.24) is 9.97 Å². The van der Waals surface area contributed by atoms with Gasteiger partial charge in [-0.2, -0.15) is 0 Å². The zero-order valence-electron chi connectivity index (χ0n) is 14.4. The molecule has 3 aromatic carbocycles. The number of aromatic nitrogens is 2. The number of nitrogens with one attached hydrogen (secondary N) is 3. The summed E-state index contributed by atoms with van der Waals surface area (Å²) < 4.78 is 14.1. The molecule has 4 nitrogen and oxygen atoms in total. The van der Waals surface area contributed by atoms with Crippen molar-refractivity contribution in [3.05, 3.63) is 80.5 Å². The Morgan fingerprint density at radius 3 is 2.57 bits per heavy atom. The first kappa shape index (κ1) is 19.1. The molecule has 4 aromatic rings. The molecule has 0 atom stereocenters. The first-order chi connectivity index (χ1) is 13.5. The first-order valence-electron chi connectivity index (χ1n) is 8.38. The Morgan fingerprint density at radius 2 is 1.82 bits per heavy atom. The summed E-state index contributed by atoms with van der Waals surface area (Å²) >= 11 is 15.5. The van der Waals surface area contributed by atoms with E-state index in [0.717, 1.165) is 16.6 Å². The number of benzene rings is 3. The Labute approximate surface area is 179 Å². The largest absolute Gasteiger partial charge is 0.381 e. The molecule has 0 aliphatic heterocycles. The van der Waals surface area contributed by atoms with Crippen molar-refractivity contribution >= 4 is 67.5 Å². The van der Waals surface area contributed by atoms with Crippen molar-refractivity contribution in [3.8, 4) is 0 Å². The van der Waals surface area contributed by atoms with Crippen molar-refractivity contribution < 1.29 is 4.39 Å². The van der Waals surface area contributed by atoms with E-state index < -0.39 is 0 Å². The Balaban J connectivity index is 1.52. The summed E-state index contributed by atoms with van der Waals surface area (Å²) in [6.07, 6.45) is 0. The van der Waals surface area contributed by atoms with Gasteiger partial charge in [-0.1, -0.05) is 35.3 Å². The first-order valence-corrected chi connectivity index (χ1v) is 9.93. The predicted octanol–water partition coefficient (Wildman–Crippen LogP) is 7.13. The summed E-state index contributed by atoms with van der Waals surface area (Å²) in [5, 5.41) is 7.36. The smallest absolute Gasteiger partial charge is 0.205 e. The second-order valence-electron chi connectivity index (χ2n) is 6.14. The van der Waals surface area contributed by atoms with Gasteiger partial charge < -0.3 is 15.6 Å². The second-order valence-corrected chi connectivity index (χ2v) is 7.81. The lowest BCUT2D eigenvalue weighted by atomic mass is 10.2. The monoisotopic (exact) mass is 478 g/mol. The van der Waals surface area contributed by atoms with Gasteiger partial charge in [-0.15, -0.1) is 0 Å². The number of H-pyrrole nitrogens is 1. The Morgan fingerprint density at radius 1 is 1.04 bits per heavy atom. The molecule has 0 radical (unpaired) electrons. The number of hydrogen-bond donors (Lipinski definition) is 3. The number of aromatic amines is 1. The van der Waals surface area contributed by atoms with Crippen molar-refractivity contribution in [3.63, 3.8) is 0 Å². The van der Waals surface area contributed by atoms with Crippen LogP contribution in [-0.4, -0.2) is 9.97 Å². The molecule has 0 fully saturated rings. The van der Waals surface area contributed by atoms with E-state index >= 15 is 0 Å². The summed E-state index contributed by atoms with van der Waals surface area (Å²) in [7, 11) is 0. The van der Waals surface area contributed by atoms with Crippen LogP contribution < -0.4 is 10.6 Å². The molecule has 3 N–H and O–H groups in total. The van der Waals surface area contributed by atoms with Crippen LogP contribution in [0.2, 0.25) is 10.0 Å². The van der Waals surface area contributed by atoms with E-state index in [9.17, 15) is 4.39 Å². The van der Waals surface area contributed by atoms with Crippen LogP contribution in [-0.2, 0) is 6.54 Å². The lowest BCUT2D eigenvalue weighted by Crippen LogP contribution is -1.99. The van der Waals surface area contributed by atoms with E-state index in [4.69, 9.17) is 23.2 Å². The van der Waals surface area contributed by atoms with Crippen LogP contribution in [0.5, 0.6) is 0 Å². The molecule has 0 spiro atoms. The standard InChI is InChI=1S/C20H14BrCl2FN4/c21-13-6-5-12(9-16(13)24)25-10-11-4-7-17-18(8-11)27-20(26-17)28-19-14(22)2-1-3-15(19)23/h1-9,25H,10H2,(H2,26,27,28). The van der Waals surface area contributed by atoms with Crippen molar-refractivity contribution in [2.45, 2.75) is 6.54 Å². The number of rotatable bonds is 5. The van der Waals surface area contributed by atoms with Gasteiger partial charge in [0, 0.05) is 12.2 Å². The topological polar surface area (TPSA) is 52.7 Å². The molecule has 0 aliphatic rings. The molecular formula is C20H14BrCl2FN4. The van der Waals surface area contributed by atoms with Crippen LogP contribution in [0.1, 0.15) is 5.56 Å². The average Bonchev–Trinajstić information content (AvgIpc) is 3.07. The van der Waals surface area contributed by atoms with Crippen LogP contribution >= 0.6 is 39.1 Å². The molecule has 0 unspecified atom stereocenters. The van der Waals surface area contributed by atoms with Crippen LogP contribution in [0.15, 0.2) is 59.1 Å². The fraction of sp³-hybridized carbons (Fsp3) is 0.0500. The van der Waals surface area contributed by atoms with Gasteiger partial charge in [0.15, 0.2) is 0 Å². The van der Waals surface area contributed by atoms with Crippen molar-refractivity contribution in [2.75, 3.05) is 10.6 Å². The third-order valence-corrected chi connectivity index (χ3v) is 5.44. The zero-order chi connectivity index (χ0) is 19.7. The van der Waals surface area contributed by atoms with Gasteiger partial charge in [-0.3, -0.25) is 0 Å². The predicted molar refractivity (Wildman–Crippen MR) is 117 cm³/mol. The molecule has 0 amide bonds. The molecule has 0 saturated carbocycles. The molecule has 1 aromatic heterocycles. The quantitative estimate of drug-likeness (QED) is 0.285. The number of nitrogens with zero attached hydrogens (tertiary/aromatic N) is 1. The highest BCUT2D eigenvalue weighted by Crippen LogP contribution is 2.32.